The summed E-state index contributed by atoms with van der Waals surface area (Å²) in [5, 5.41) is 5.12. The van der Waals surface area contributed by atoms with Crippen molar-refractivity contribution in [2.75, 3.05) is 16.8 Å². The first-order chi connectivity index (χ1) is 9.69. The lowest BCUT2D eigenvalue weighted by atomic mass is 10.2. The van der Waals surface area contributed by atoms with Crippen molar-refractivity contribution >= 4 is 34.1 Å². The lowest BCUT2D eigenvalue weighted by molar-refractivity contribution is -0.113. The average molecular weight is 308 g/mol. The fourth-order valence-corrected chi connectivity index (χ4v) is 2.75. The number of hydrogen-bond acceptors (Lipinski definition) is 4. The van der Waals surface area contributed by atoms with Gasteiger partial charge in [0.15, 0.2) is 5.13 Å². The van der Waals surface area contributed by atoms with Gasteiger partial charge in [-0.15, -0.1) is 29.7 Å². The molecule has 0 radical (unpaired) electrons. The number of thiazole rings is 1. The Balaban J connectivity index is 1.96. The number of carbonyl (C=O) groups is 1. The van der Waals surface area contributed by atoms with Crippen LogP contribution in [0.4, 0.5) is 9.52 Å². The molecule has 1 aromatic carbocycles. The van der Waals surface area contributed by atoms with E-state index >= 15 is 0 Å². The van der Waals surface area contributed by atoms with Crippen LogP contribution in [0.2, 0.25) is 0 Å². The molecule has 6 heteroatoms. The molecule has 0 atom stereocenters. The second-order valence-corrected chi connectivity index (χ2v) is 5.79. The summed E-state index contributed by atoms with van der Waals surface area (Å²) in [7, 11) is 0. The van der Waals surface area contributed by atoms with Gasteiger partial charge in [-0.05, 0) is 24.3 Å². The first-order valence-electron chi connectivity index (χ1n) is 5.89. The number of benzene rings is 1. The van der Waals surface area contributed by atoms with Crippen LogP contribution in [-0.2, 0) is 4.79 Å². The maximum absolute atomic E-state index is 12.8. The predicted molar refractivity (Wildman–Crippen MR) is 83.7 cm³/mol. The number of thioether (sulfide) groups is 1. The van der Waals surface area contributed by atoms with Crippen molar-refractivity contribution in [3.63, 3.8) is 0 Å². The highest BCUT2D eigenvalue weighted by atomic mass is 32.2. The third-order valence-electron chi connectivity index (χ3n) is 2.36. The molecule has 1 heterocycles. The smallest absolute Gasteiger partial charge is 0.236 e. The Hall–Kier alpha value is -1.66. The third-order valence-corrected chi connectivity index (χ3v) is 4.05. The van der Waals surface area contributed by atoms with Gasteiger partial charge in [0.05, 0.1) is 11.4 Å². The van der Waals surface area contributed by atoms with Gasteiger partial charge in [0.25, 0.3) is 0 Å². The molecule has 0 aliphatic carbocycles. The van der Waals surface area contributed by atoms with E-state index < -0.39 is 0 Å². The number of aromatic nitrogens is 1. The number of hydrogen-bond donors (Lipinski definition) is 1. The number of rotatable bonds is 6. The number of carbonyl (C=O) groups excluding carboxylic acids is 1. The van der Waals surface area contributed by atoms with Gasteiger partial charge in [-0.1, -0.05) is 6.08 Å². The van der Waals surface area contributed by atoms with E-state index in [1.54, 1.807) is 18.2 Å². The molecule has 0 aliphatic rings. The van der Waals surface area contributed by atoms with E-state index in [1.807, 2.05) is 5.38 Å². The Morgan fingerprint density at radius 1 is 1.45 bits per heavy atom. The topological polar surface area (TPSA) is 42.0 Å². The molecule has 0 spiro atoms. The summed E-state index contributed by atoms with van der Waals surface area (Å²) < 4.78 is 12.8. The highest BCUT2D eigenvalue weighted by molar-refractivity contribution is 8.00. The van der Waals surface area contributed by atoms with Crippen molar-refractivity contribution < 1.29 is 9.18 Å². The van der Waals surface area contributed by atoms with Crippen molar-refractivity contribution in [2.24, 2.45) is 0 Å². The summed E-state index contributed by atoms with van der Waals surface area (Å²) in [4.78, 5) is 15.9. The molecule has 0 fully saturated rings. The number of anilines is 1. The molecular formula is C14H13FN2OS2. The summed E-state index contributed by atoms with van der Waals surface area (Å²) in [6.07, 6.45) is 1.76. The van der Waals surface area contributed by atoms with Crippen LogP contribution < -0.4 is 5.32 Å². The van der Waals surface area contributed by atoms with E-state index in [0.29, 0.717) is 10.9 Å². The molecule has 0 unspecified atom stereocenters. The van der Waals surface area contributed by atoms with Gasteiger partial charge in [0.2, 0.25) is 5.91 Å². The van der Waals surface area contributed by atoms with E-state index in [-0.39, 0.29) is 11.7 Å². The van der Waals surface area contributed by atoms with Gasteiger partial charge < -0.3 is 5.32 Å². The normalized spacial score (nSPS) is 10.2. The molecular weight excluding hydrogens is 295 g/mol. The zero-order chi connectivity index (χ0) is 14.4. The van der Waals surface area contributed by atoms with Crippen LogP contribution in [0, 0.1) is 5.82 Å². The van der Waals surface area contributed by atoms with Gasteiger partial charge >= 0.3 is 0 Å². The second kappa shape index (κ2) is 7.21. The molecule has 0 saturated heterocycles. The van der Waals surface area contributed by atoms with Gasteiger partial charge in [-0.3, -0.25) is 4.79 Å². The van der Waals surface area contributed by atoms with Crippen molar-refractivity contribution in [1.29, 1.82) is 0 Å². The molecule has 0 bridgehead atoms. The van der Waals surface area contributed by atoms with E-state index in [9.17, 15) is 9.18 Å². The highest BCUT2D eigenvalue weighted by Gasteiger charge is 2.08. The minimum Gasteiger partial charge on any atom is -0.301 e. The van der Waals surface area contributed by atoms with Crippen LogP contribution >= 0.6 is 23.1 Å². The standard InChI is InChI=1S/C14H13FN2OS2/c1-2-7-19-9-13(18)17-14-16-12(8-20-14)10-3-5-11(15)6-4-10/h2-6,8H,1,7,9H2,(H,16,17,18). The SMILES string of the molecule is C=CCSCC(=O)Nc1nc(-c2ccc(F)cc2)cs1. The van der Waals surface area contributed by atoms with Gasteiger partial charge in [-0.2, -0.15) is 0 Å². The number of halogens is 1. The number of nitrogens with zero attached hydrogens (tertiary/aromatic N) is 1. The van der Waals surface area contributed by atoms with Crippen LogP contribution in [0.3, 0.4) is 0 Å². The summed E-state index contributed by atoms with van der Waals surface area (Å²) in [5.41, 5.74) is 1.55. The Labute approximate surface area is 124 Å². The minimum absolute atomic E-state index is 0.0862. The molecule has 0 saturated carbocycles. The van der Waals surface area contributed by atoms with E-state index in [4.69, 9.17) is 0 Å². The van der Waals surface area contributed by atoms with Gasteiger partial charge in [0.1, 0.15) is 5.82 Å². The summed E-state index contributed by atoms with van der Waals surface area (Å²) >= 11 is 2.84. The summed E-state index contributed by atoms with van der Waals surface area (Å²) in [5.74, 6) is 0.748. The quantitative estimate of drug-likeness (QED) is 0.652. The predicted octanol–water partition coefficient (Wildman–Crippen LogP) is 3.81. The first-order valence-corrected chi connectivity index (χ1v) is 7.92. The molecule has 2 aromatic rings. The molecule has 1 amide bonds. The maximum atomic E-state index is 12.8. The molecule has 1 aromatic heterocycles. The van der Waals surface area contributed by atoms with E-state index in [1.165, 1.54) is 35.2 Å². The number of nitrogens with one attached hydrogen (secondary N) is 1. The molecule has 3 nitrogen and oxygen atoms in total. The Morgan fingerprint density at radius 3 is 2.90 bits per heavy atom. The largest absolute Gasteiger partial charge is 0.301 e. The fourth-order valence-electron chi connectivity index (χ4n) is 1.47. The van der Waals surface area contributed by atoms with Crippen LogP contribution in [-0.4, -0.2) is 22.4 Å². The van der Waals surface area contributed by atoms with E-state index in [2.05, 4.69) is 16.9 Å². The van der Waals surface area contributed by atoms with Crippen molar-refractivity contribution in [1.82, 2.24) is 4.98 Å². The summed E-state index contributed by atoms with van der Waals surface area (Å²) in [6, 6.07) is 6.10. The lowest BCUT2D eigenvalue weighted by Crippen LogP contribution is -2.13. The first kappa shape index (κ1) is 14.7. The monoisotopic (exact) mass is 308 g/mol. The average Bonchev–Trinajstić information content (AvgIpc) is 2.88. The Morgan fingerprint density at radius 2 is 2.20 bits per heavy atom. The Kier molecular flexibility index (Phi) is 5.31. The van der Waals surface area contributed by atoms with Crippen LogP contribution in [0.25, 0.3) is 11.3 Å². The summed E-state index contributed by atoms with van der Waals surface area (Å²) in [6.45, 7) is 3.60. The zero-order valence-corrected chi connectivity index (χ0v) is 12.3. The molecule has 2 rings (SSSR count). The third kappa shape index (κ3) is 4.18. The molecule has 20 heavy (non-hydrogen) atoms. The maximum Gasteiger partial charge on any atom is 0.236 e. The van der Waals surface area contributed by atoms with Crippen molar-refractivity contribution in [2.45, 2.75) is 0 Å². The van der Waals surface area contributed by atoms with Crippen molar-refractivity contribution in [3.8, 4) is 11.3 Å². The van der Waals surface area contributed by atoms with Crippen molar-refractivity contribution in [3.05, 3.63) is 48.1 Å². The van der Waals surface area contributed by atoms with Crippen LogP contribution in [0.1, 0.15) is 0 Å². The van der Waals surface area contributed by atoms with Crippen LogP contribution in [0.5, 0.6) is 0 Å². The van der Waals surface area contributed by atoms with Crippen LogP contribution in [0.15, 0.2) is 42.3 Å². The molecule has 1 N–H and O–H groups in total. The number of amides is 1. The van der Waals surface area contributed by atoms with E-state index in [0.717, 1.165) is 17.0 Å². The lowest BCUT2D eigenvalue weighted by Gasteiger charge is -2.00. The minimum atomic E-state index is -0.281. The Bertz CT molecular complexity index is 595. The van der Waals surface area contributed by atoms with Gasteiger partial charge in [-0.25, -0.2) is 9.37 Å². The molecule has 104 valence electrons. The molecule has 0 aliphatic heterocycles. The van der Waals surface area contributed by atoms with Gasteiger partial charge in [0, 0.05) is 16.7 Å². The zero-order valence-electron chi connectivity index (χ0n) is 10.6. The second-order valence-electron chi connectivity index (χ2n) is 3.90. The fraction of sp³-hybridized carbons (Fsp3) is 0.143. The highest BCUT2D eigenvalue weighted by Crippen LogP contribution is 2.25.